The fourth-order valence-electron chi connectivity index (χ4n) is 3.77. The van der Waals surface area contributed by atoms with Gasteiger partial charge in [-0.25, -0.2) is 4.99 Å². The van der Waals surface area contributed by atoms with Crippen LogP contribution in [0.2, 0.25) is 0 Å². The number of aliphatic imine (C=N–C) groups is 1. The van der Waals surface area contributed by atoms with Crippen molar-refractivity contribution in [2.24, 2.45) is 4.99 Å². The van der Waals surface area contributed by atoms with Gasteiger partial charge in [-0.3, -0.25) is 14.5 Å². The van der Waals surface area contributed by atoms with Crippen molar-refractivity contribution in [1.82, 2.24) is 10.2 Å². The summed E-state index contributed by atoms with van der Waals surface area (Å²) in [5.74, 6) is -2.17. The largest absolute Gasteiger partial charge is 0.497 e. The van der Waals surface area contributed by atoms with E-state index in [2.05, 4.69) is 4.99 Å². The molecule has 0 fully saturated rings. The lowest BCUT2D eigenvalue weighted by Gasteiger charge is -2.29. The normalized spacial score (nSPS) is 17.8. The van der Waals surface area contributed by atoms with E-state index in [4.69, 9.17) is 4.74 Å². The Balaban J connectivity index is 1.72. The highest BCUT2D eigenvalue weighted by Gasteiger charge is 2.67. The van der Waals surface area contributed by atoms with Crippen molar-refractivity contribution in [3.8, 4) is 5.75 Å². The van der Waals surface area contributed by atoms with Gasteiger partial charge >= 0.3 is 11.8 Å². The van der Waals surface area contributed by atoms with E-state index in [0.717, 1.165) is 10.5 Å². The molecule has 1 atom stereocenters. The third-order valence-corrected chi connectivity index (χ3v) is 5.64. The number of methoxy groups -OCH3 is 1. The van der Waals surface area contributed by atoms with Crippen molar-refractivity contribution >= 4 is 17.6 Å². The van der Waals surface area contributed by atoms with E-state index >= 15 is 0 Å². The minimum absolute atomic E-state index is 0.0488. The van der Waals surface area contributed by atoms with Crippen LogP contribution in [0.4, 0.5) is 13.2 Å². The van der Waals surface area contributed by atoms with Crippen LogP contribution in [-0.2, 0) is 11.2 Å². The lowest BCUT2D eigenvalue weighted by atomic mass is 10.1. The van der Waals surface area contributed by atoms with Gasteiger partial charge in [-0.2, -0.15) is 13.2 Å². The molecule has 0 saturated carbocycles. The minimum atomic E-state index is -5.19. The van der Waals surface area contributed by atoms with E-state index in [9.17, 15) is 22.8 Å². The van der Waals surface area contributed by atoms with Gasteiger partial charge in [-0.1, -0.05) is 60.7 Å². The average Bonchev–Trinajstić information content (AvgIpc) is 3.16. The van der Waals surface area contributed by atoms with Crippen LogP contribution >= 0.6 is 0 Å². The molecule has 4 rings (SSSR count). The number of halogens is 3. The zero-order valence-corrected chi connectivity index (χ0v) is 18.8. The van der Waals surface area contributed by atoms with Crippen molar-refractivity contribution in [3.05, 3.63) is 102 Å². The quantitative estimate of drug-likeness (QED) is 0.550. The van der Waals surface area contributed by atoms with Crippen molar-refractivity contribution in [3.63, 3.8) is 0 Å². The second kappa shape index (κ2) is 9.61. The van der Waals surface area contributed by atoms with E-state index < -0.39 is 23.7 Å². The molecule has 6 nitrogen and oxygen atoms in total. The zero-order valence-electron chi connectivity index (χ0n) is 18.8. The number of benzene rings is 3. The fraction of sp³-hybridized carbons (Fsp3) is 0.192. The molecule has 3 aromatic carbocycles. The second-order valence-electron chi connectivity index (χ2n) is 7.88. The van der Waals surface area contributed by atoms with Gasteiger partial charge in [0, 0.05) is 17.7 Å². The third-order valence-electron chi connectivity index (χ3n) is 5.64. The highest BCUT2D eigenvalue weighted by Crippen LogP contribution is 2.38. The first-order valence-corrected chi connectivity index (χ1v) is 10.8. The second-order valence-corrected chi connectivity index (χ2v) is 7.88. The van der Waals surface area contributed by atoms with Gasteiger partial charge in [0.15, 0.2) is 0 Å². The van der Waals surface area contributed by atoms with Gasteiger partial charge in [-0.15, -0.1) is 0 Å². The summed E-state index contributed by atoms with van der Waals surface area (Å²) < 4.78 is 48.5. The summed E-state index contributed by atoms with van der Waals surface area (Å²) in [7, 11) is 1.43. The summed E-state index contributed by atoms with van der Waals surface area (Å²) in [5.41, 5.74) is -2.34. The van der Waals surface area contributed by atoms with Gasteiger partial charge in [0.05, 0.1) is 7.11 Å². The Morgan fingerprint density at radius 1 is 0.971 bits per heavy atom. The Morgan fingerprint density at radius 2 is 1.57 bits per heavy atom. The minimum Gasteiger partial charge on any atom is -0.497 e. The molecule has 1 heterocycles. The van der Waals surface area contributed by atoms with Gasteiger partial charge in [0.25, 0.3) is 11.8 Å². The summed E-state index contributed by atoms with van der Waals surface area (Å²) in [4.78, 5) is 31.1. The molecule has 0 bridgehead atoms. The third kappa shape index (κ3) is 4.75. The topological polar surface area (TPSA) is 71.0 Å². The van der Waals surface area contributed by atoms with E-state index in [1.54, 1.807) is 30.3 Å². The lowest BCUT2D eigenvalue weighted by molar-refractivity contribution is -0.196. The molecular weight excluding hydrogens is 459 g/mol. The molecule has 9 heteroatoms. The fourth-order valence-corrected chi connectivity index (χ4v) is 3.77. The summed E-state index contributed by atoms with van der Waals surface area (Å²) in [6.07, 6.45) is -4.88. The molecule has 0 aliphatic carbocycles. The molecule has 1 aliphatic rings. The van der Waals surface area contributed by atoms with Crippen LogP contribution in [0, 0.1) is 0 Å². The number of alkyl halides is 3. The van der Waals surface area contributed by atoms with Crippen LogP contribution in [0.1, 0.15) is 21.5 Å². The zero-order chi connectivity index (χ0) is 25.1. The number of carbonyl (C=O) groups excluding carboxylic acids is 2. The highest BCUT2D eigenvalue weighted by molar-refractivity contribution is 6.16. The van der Waals surface area contributed by atoms with Crippen LogP contribution < -0.4 is 10.1 Å². The summed E-state index contributed by atoms with van der Waals surface area (Å²) in [6.45, 7) is -0.0488. The van der Waals surface area contributed by atoms with Crippen molar-refractivity contribution < 1.29 is 27.5 Å². The monoisotopic (exact) mass is 481 g/mol. The predicted molar refractivity (Wildman–Crippen MR) is 124 cm³/mol. The number of amides is 2. The highest BCUT2D eigenvalue weighted by atomic mass is 19.4. The summed E-state index contributed by atoms with van der Waals surface area (Å²) in [5, 5.41) is 1.88. The maximum atomic E-state index is 14.5. The Hall–Kier alpha value is -4.14. The first-order chi connectivity index (χ1) is 16.7. The van der Waals surface area contributed by atoms with E-state index in [1.165, 1.54) is 31.4 Å². The number of amidine groups is 1. The molecule has 3 aromatic rings. The maximum Gasteiger partial charge on any atom is 0.442 e. The number of rotatable bonds is 7. The molecule has 2 amide bonds. The number of ether oxygens (including phenoxy) is 1. The SMILES string of the molecule is COc1ccc(C(=O)N[C@@]2(C(F)(F)F)N=C(c3ccccc3)N(CCc3ccccc3)C2=O)cc1. The van der Waals surface area contributed by atoms with Crippen molar-refractivity contribution in [2.45, 2.75) is 18.3 Å². The molecule has 180 valence electrons. The van der Waals surface area contributed by atoms with E-state index in [-0.39, 0.29) is 17.9 Å². The number of nitrogens with zero attached hydrogens (tertiary/aromatic N) is 2. The van der Waals surface area contributed by atoms with Gasteiger partial charge in [0.1, 0.15) is 11.6 Å². The van der Waals surface area contributed by atoms with Crippen LogP contribution in [-0.4, -0.2) is 48.0 Å². The molecule has 1 N–H and O–H groups in total. The Kier molecular flexibility index (Phi) is 6.59. The molecule has 0 saturated heterocycles. The van der Waals surface area contributed by atoms with E-state index in [0.29, 0.717) is 17.7 Å². The number of hydrogen-bond donors (Lipinski definition) is 1. The number of carbonyl (C=O) groups is 2. The van der Waals surface area contributed by atoms with Crippen LogP contribution in [0.15, 0.2) is 89.9 Å². The van der Waals surface area contributed by atoms with Crippen LogP contribution in [0.3, 0.4) is 0 Å². The lowest BCUT2D eigenvalue weighted by Crippen LogP contribution is -2.63. The standard InChI is InChI=1S/C26H22F3N3O3/c1-35-21-14-12-20(13-15-21)23(33)31-25(26(27,28)29)24(34)32(17-16-18-8-4-2-5-9-18)22(30-25)19-10-6-3-7-11-19/h2-15H,16-17H2,1H3,(H,31,33)/t25-/m0/s1. The molecule has 0 spiro atoms. The Bertz CT molecular complexity index is 1230. The van der Waals surface area contributed by atoms with Gasteiger partial charge < -0.3 is 10.1 Å². The van der Waals surface area contributed by atoms with Gasteiger partial charge in [0.2, 0.25) is 0 Å². The van der Waals surface area contributed by atoms with Crippen molar-refractivity contribution in [1.29, 1.82) is 0 Å². The average molecular weight is 481 g/mol. The molecule has 0 aromatic heterocycles. The van der Waals surface area contributed by atoms with Crippen LogP contribution in [0.5, 0.6) is 5.75 Å². The number of hydrogen-bond acceptors (Lipinski definition) is 4. The molecule has 35 heavy (non-hydrogen) atoms. The molecule has 0 unspecified atom stereocenters. The van der Waals surface area contributed by atoms with E-state index in [1.807, 2.05) is 35.6 Å². The molecule has 1 aliphatic heterocycles. The molecule has 0 radical (unpaired) electrons. The smallest absolute Gasteiger partial charge is 0.442 e. The Morgan fingerprint density at radius 3 is 2.14 bits per heavy atom. The van der Waals surface area contributed by atoms with Crippen LogP contribution in [0.25, 0.3) is 0 Å². The first-order valence-electron chi connectivity index (χ1n) is 10.8. The van der Waals surface area contributed by atoms with Gasteiger partial charge in [-0.05, 0) is 36.2 Å². The van der Waals surface area contributed by atoms with Crippen molar-refractivity contribution in [2.75, 3.05) is 13.7 Å². The Labute approximate surface area is 200 Å². The first kappa shape index (κ1) is 24.0. The predicted octanol–water partition coefficient (Wildman–Crippen LogP) is 4.22. The summed E-state index contributed by atoms with van der Waals surface area (Å²) >= 11 is 0. The number of nitrogens with one attached hydrogen (secondary N) is 1. The maximum absolute atomic E-state index is 14.5. The molecular formula is C26H22F3N3O3. The summed E-state index contributed by atoms with van der Waals surface area (Å²) in [6, 6.07) is 22.7.